The van der Waals surface area contributed by atoms with Crippen molar-refractivity contribution in [2.24, 2.45) is 0 Å². The fourth-order valence-electron chi connectivity index (χ4n) is 0.885. The molecule has 0 fully saturated rings. The normalized spacial score (nSPS) is 10.4. The molecule has 15 heavy (non-hydrogen) atoms. The molecule has 0 radical (unpaired) electrons. The van der Waals surface area contributed by atoms with Crippen LogP contribution < -0.4 is 4.74 Å². The second kappa shape index (κ2) is 4.63. The third-order valence-electron chi connectivity index (χ3n) is 1.49. The van der Waals surface area contributed by atoms with E-state index in [2.05, 4.69) is 4.74 Å². The molecule has 0 spiro atoms. The van der Waals surface area contributed by atoms with E-state index in [0.717, 1.165) is 12.1 Å². The van der Waals surface area contributed by atoms with Crippen molar-refractivity contribution >= 4 is 5.69 Å². The highest BCUT2D eigenvalue weighted by molar-refractivity contribution is 5.37. The third-order valence-corrected chi connectivity index (χ3v) is 1.49. The predicted octanol–water partition coefficient (Wildman–Crippen LogP) is 2.38. The van der Waals surface area contributed by atoms with Gasteiger partial charge in [0.25, 0.3) is 6.43 Å². The Bertz CT molecular complexity index is 370. The minimum Gasteiger partial charge on any atom is -0.488 e. The number of nitrogens with zero attached hydrogens (tertiary/aromatic N) is 1. The van der Waals surface area contributed by atoms with Crippen LogP contribution in [0.25, 0.3) is 0 Å². The molecule has 0 bridgehead atoms. The first kappa shape index (κ1) is 11.3. The zero-order valence-corrected chi connectivity index (χ0v) is 7.32. The lowest BCUT2D eigenvalue weighted by atomic mass is 10.3. The quantitative estimate of drug-likeness (QED) is 0.579. The molecule has 0 N–H and O–H groups in total. The molecule has 0 saturated heterocycles. The molecule has 0 unspecified atom stereocenters. The van der Waals surface area contributed by atoms with Crippen LogP contribution in [0.1, 0.15) is 0 Å². The molecule has 0 aliphatic rings. The summed E-state index contributed by atoms with van der Waals surface area (Å²) in [5, 5.41) is 10.2. The van der Waals surface area contributed by atoms with Gasteiger partial charge in [0.05, 0.1) is 4.92 Å². The lowest BCUT2D eigenvalue weighted by Gasteiger charge is -2.04. The largest absolute Gasteiger partial charge is 0.488 e. The molecule has 0 saturated carbocycles. The van der Waals surface area contributed by atoms with Gasteiger partial charge in [-0.2, -0.15) is 4.39 Å². The van der Waals surface area contributed by atoms with E-state index in [0.29, 0.717) is 6.07 Å². The van der Waals surface area contributed by atoms with Gasteiger partial charge in [0, 0.05) is 12.1 Å². The van der Waals surface area contributed by atoms with Crippen LogP contribution in [0.4, 0.5) is 18.9 Å². The fraction of sp³-hybridized carbons (Fsp3) is 0.250. The van der Waals surface area contributed by atoms with Crippen molar-refractivity contribution < 1.29 is 22.8 Å². The average molecular weight is 221 g/mol. The van der Waals surface area contributed by atoms with Gasteiger partial charge in [0.15, 0.2) is 0 Å². The molecule has 82 valence electrons. The molecule has 0 aromatic heterocycles. The lowest BCUT2D eigenvalue weighted by Crippen LogP contribution is -2.07. The van der Waals surface area contributed by atoms with E-state index in [1.807, 2.05) is 0 Å². The highest BCUT2D eigenvalue weighted by atomic mass is 19.3. The van der Waals surface area contributed by atoms with Crippen LogP contribution in [0.2, 0.25) is 0 Å². The zero-order valence-electron chi connectivity index (χ0n) is 7.32. The van der Waals surface area contributed by atoms with Crippen molar-refractivity contribution in [3.63, 3.8) is 0 Å². The van der Waals surface area contributed by atoms with Gasteiger partial charge in [0.1, 0.15) is 12.4 Å². The summed E-state index contributed by atoms with van der Waals surface area (Å²) in [6.07, 6.45) is -2.68. The van der Waals surface area contributed by atoms with Gasteiger partial charge >= 0.3 is 5.69 Å². The number of rotatable bonds is 4. The Kier molecular flexibility index (Phi) is 3.48. The smallest absolute Gasteiger partial charge is 0.305 e. The first-order chi connectivity index (χ1) is 7.00. The van der Waals surface area contributed by atoms with Gasteiger partial charge in [-0.15, -0.1) is 0 Å². The minimum absolute atomic E-state index is 0.168. The van der Waals surface area contributed by atoms with Gasteiger partial charge in [-0.25, -0.2) is 8.78 Å². The number of ether oxygens (including phenoxy) is 1. The molecule has 0 atom stereocenters. The maximum atomic E-state index is 12.9. The first-order valence-corrected chi connectivity index (χ1v) is 3.85. The number of alkyl halides is 2. The van der Waals surface area contributed by atoms with Crippen LogP contribution in [0.5, 0.6) is 5.75 Å². The number of nitro groups is 1. The second-order valence-electron chi connectivity index (χ2n) is 2.57. The van der Waals surface area contributed by atoms with E-state index in [1.165, 1.54) is 0 Å². The molecule has 1 rings (SSSR count). The molecule has 7 heteroatoms. The molecular formula is C8H6F3NO3. The van der Waals surface area contributed by atoms with Gasteiger partial charge < -0.3 is 4.74 Å². The number of halogens is 3. The Morgan fingerprint density at radius 2 is 2.13 bits per heavy atom. The van der Waals surface area contributed by atoms with E-state index in [1.54, 1.807) is 0 Å². The standard InChI is InChI=1S/C8H6F3NO3/c9-6-3-5(15-4-8(10)11)1-2-7(6)12(13)14/h1-3,8H,4H2. The maximum absolute atomic E-state index is 12.9. The zero-order chi connectivity index (χ0) is 11.4. The van der Waals surface area contributed by atoms with E-state index in [-0.39, 0.29) is 5.75 Å². The molecule has 0 aliphatic heterocycles. The highest BCUT2D eigenvalue weighted by Gasteiger charge is 2.14. The summed E-state index contributed by atoms with van der Waals surface area (Å²) in [4.78, 5) is 9.29. The van der Waals surface area contributed by atoms with Gasteiger partial charge in [0.2, 0.25) is 5.82 Å². The monoisotopic (exact) mass is 221 g/mol. The number of nitro benzene ring substituents is 1. The lowest BCUT2D eigenvalue weighted by molar-refractivity contribution is -0.387. The van der Waals surface area contributed by atoms with Crippen LogP contribution in [0.3, 0.4) is 0 Å². The fourth-order valence-corrected chi connectivity index (χ4v) is 0.885. The third kappa shape index (κ3) is 3.12. The summed E-state index contributed by atoms with van der Waals surface area (Å²) in [7, 11) is 0. The Morgan fingerprint density at radius 1 is 1.47 bits per heavy atom. The van der Waals surface area contributed by atoms with Crippen molar-refractivity contribution in [2.45, 2.75) is 6.43 Å². The summed E-state index contributed by atoms with van der Waals surface area (Å²) in [5.74, 6) is -1.29. The summed E-state index contributed by atoms with van der Waals surface area (Å²) in [6.45, 7) is -0.878. The van der Waals surface area contributed by atoms with Crippen LogP contribution in [-0.2, 0) is 0 Å². The van der Waals surface area contributed by atoms with E-state index in [4.69, 9.17) is 0 Å². The van der Waals surface area contributed by atoms with Crippen LogP contribution in [0, 0.1) is 15.9 Å². The maximum Gasteiger partial charge on any atom is 0.305 e. The summed E-state index contributed by atoms with van der Waals surface area (Å²) in [6, 6.07) is 2.61. The van der Waals surface area contributed by atoms with E-state index in [9.17, 15) is 23.3 Å². The summed E-state index contributed by atoms with van der Waals surface area (Å²) in [5.41, 5.74) is -0.723. The minimum atomic E-state index is -2.68. The Balaban J connectivity index is 2.78. The molecule has 1 aromatic carbocycles. The SMILES string of the molecule is O=[N+]([O-])c1ccc(OCC(F)F)cc1F. The van der Waals surface area contributed by atoms with E-state index < -0.39 is 29.5 Å². The molecule has 0 aliphatic carbocycles. The Morgan fingerprint density at radius 3 is 2.60 bits per heavy atom. The van der Waals surface area contributed by atoms with Gasteiger partial charge in [-0.3, -0.25) is 10.1 Å². The first-order valence-electron chi connectivity index (χ1n) is 3.85. The van der Waals surface area contributed by atoms with Crippen molar-refractivity contribution in [1.82, 2.24) is 0 Å². The van der Waals surface area contributed by atoms with Crippen molar-refractivity contribution in [3.05, 3.63) is 34.1 Å². The number of hydrogen-bond donors (Lipinski definition) is 0. The Hall–Kier alpha value is -1.79. The van der Waals surface area contributed by atoms with Crippen molar-refractivity contribution in [1.29, 1.82) is 0 Å². The second-order valence-corrected chi connectivity index (χ2v) is 2.57. The van der Waals surface area contributed by atoms with Crippen LogP contribution >= 0.6 is 0 Å². The molecule has 0 heterocycles. The molecular weight excluding hydrogens is 215 g/mol. The molecule has 0 amide bonds. The van der Waals surface area contributed by atoms with E-state index >= 15 is 0 Å². The molecule has 4 nitrogen and oxygen atoms in total. The number of benzene rings is 1. The van der Waals surface area contributed by atoms with Gasteiger partial charge in [-0.05, 0) is 6.07 Å². The predicted molar refractivity (Wildman–Crippen MR) is 44.6 cm³/mol. The Labute approximate surface area is 82.4 Å². The summed E-state index contributed by atoms with van der Waals surface area (Å²) >= 11 is 0. The van der Waals surface area contributed by atoms with Crippen molar-refractivity contribution in [2.75, 3.05) is 6.61 Å². The van der Waals surface area contributed by atoms with Gasteiger partial charge in [-0.1, -0.05) is 0 Å². The average Bonchev–Trinajstić information content (AvgIpc) is 2.14. The highest BCUT2D eigenvalue weighted by Crippen LogP contribution is 2.22. The summed E-state index contributed by atoms with van der Waals surface area (Å²) < 4.78 is 40.8. The van der Waals surface area contributed by atoms with Crippen LogP contribution in [-0.4, -0.2) is 18.0 Å². The topological polar surface area (TPSA) is 52.4 Å². The number of hydrogen-bond acceptors (Lipinski definition) is 3. The van der Waals surface area contributed by atoms with Crippen molar-refractivity contribution in [3.8, 4) is 5.75 Å². The van der Waals surface area contributed by atoms with Crippen LogP contribution in [0.15, 0.2) is 18.2 Å². The molecule has 1 aromatic rings.